The van der Waals surface area contributed by atoms with Crippen LogP contribution >= 0.6 is 44.4 Å². The maximum atomic E-state index is 10.7. The summed E-state index contributed by atoms with van der Waals surface area (Å²) in [6.07, 6.45) is 0. The van der Waals surface area contributed by atoms with Crippen LogP contribution < -0.4 is 0 Å². The molecular formula is C10H11BrIO3P. The number of hydrogen-bond donors (Lipinski definition) is 0. The number of halogens is 2. The molecular weight excluding hydrogens is 406 g/mol. The zero-order chi connectivity index (χ0) is 12.0. The summed E-state index contributed by atoms with van der Waals surface area (Å²) < 4.78 is 11.2. The molecule has 0 saturated heterocycles. The highest BCUT2D eigenvalue weighted by Gasteiger charge is 2.04. The Balaban J connectivity index is 2.69. The smallest absolute Gasteiger partial charge is 0.302 e. The molecule has 0 spiro atoms. The fourth-order valence-corrected chi connectivity index (χ4v) is 2.17. The molecule has 88 valence electrons. The van der Waals surface area contributed by atoms with E-state index in [1.807, 2.05) is 18.2 Å². The average molecular weight is 417 g/mol. The predicted octanol–water partition coefficient (Wildman–Crippen LogP) is 3.97. The Morgan fingerprint density at radius 1 is 1.50 bits per heavy atom. The fourth-order valence-electron chi connectivity index (χ4n) is 1.12. The number of ether oxygens (including phenoxy) is 1. The van der Waals surface area contributed by atoms with Crippen molar-refractivity contribution in [3.8, 4) is 0 Å². The lowest BCUT2D eigenvalue weighted by atomic mass is 10.1. The molecule has 1 aromatic carbocycles. The van der Waals surface area contributed by atoms with Crippen LogP contribution in [0.4, 0.5) is 0 Å². The van der Waals surface area contributed by atoms with Crippen LogP contribution in [0.25, 0.3) is 0 Å². The number of benzene rings is 1. The molecule has 0 aliphatic rings. The zero-order valence-electron chi connectivity index (χ0n) is 8.63. The maximum Gasteiger partial charge on any atom is 0.302 e. The normalized spacial score (nSPS) is 10.9. The number of rotatable bonds is 5. The molecule has 0 fully saturated rings. The highest BCUT2D eigenvalue weighted by Crippen LogP contribution is 2.25. The van der Waals surface area contributed by atoms with E-state index in [0.717, 1.165) is 15.6 Å². The molecule has 0 N–H and O–H groups in total. The monoisotopic (exact) mass is 416 g/mol. The number of hydrogen-bond acceptors (Lipinski definition) is 3. The van der Waals surface area contributed by atoms with Crippen LogP contribution in [0.3, 0.4) is 0 Å². The van der Waals surface area contributed by atoms with Gasteiger partial charge in [0.15, 0.2) is 0 Å². The molecule has 0 aliphatic carbocycles. The van der Waals surface area contributed by atoms with Crippen LogP contribution in [0.5, 0.6) is 0 Å². The van der Waals surface area contributed by atoms with E-state index in [4.69, 9.17) is 9.26 Å². The van der Waals surface area contributed by atoms with E-state index in [2.05, 4.69) is 38.0 Å². The van der Waals surface area contributed by atoms with Crippen molar-refractivity contribution in [3.05, 3.63) is 33.8 Å². The van der Waals surface area contributed by atoms with Gasteiger partial charge in [0.2, 0.25) is 0 Å². The van der Waals surface area contributed by atoms with Gasteiger partial charge in [0.1, 0.15) is 6.61 Å². The fraction of sp³-hybridized carbons (Fsp3) is 0.300. The van der Waals surface area contributed by atoms with Crippen molar-refractivity contribution in [1.82, 2.24) is 0 Å². The van der Waals surface area contributed by atoms with E-state index in [9.17, 15) is 4.79 Å². The first kappa shape index (κ1) is 14.4. The molecule has 16 heavy (non-hydrogen) atoms. The van der Waals surface area contributed by atoms with E-state index in [1.165, 1.54) is 6.92 Å². The first-order valence-corrected chi connectivity index (χ1v) is 9.33. The summed E-state index contributed by atoms with van der Waals surface area (Å²) in [6, 6.07) is 5.90. The Bertz CT molecular complexity index is 373. The summed E-state index contributed by atoms with van der Waals surface area (Å²) in [7, 11) is 0. The van der Waals surface area contributed by atoms with Crippen LogP contribution in [0.1, 0.15) is 18.1 Å². The molecule has 0 radical (unpaired) electrons. The quantitative estimate of drug-likeness (QED) is 0.414. The van der Waals surface area contributed by atoms with Gasteiger partial charge in [0.05, 0.1) is 13.1 Å². The summed E-state index contributed by atoms with van der Waals surface area (Å²) in [5, 5.41) is 0. The molecule has 0 aromatic heterocycles. The van der Waals surface area contributed by atoms with Crippen LogP contribution in [-0.2, 0) is 27.3 Å². The van der Waals surface area contributed by atoms with E-state index in [1.54, 1.807) is 0 Å². The third kappa shape index (κ3) is 5.08. The molecule has 1 atom stereocenters. The minimum Gasteiger partial charge on any atom is -0.461 e. The molecule has 0 aliphatic heterocycles. The molecule has 1 unspecified atom stereocenters. The van der Waals surface area contributed by atoms with Gasteiger partial charge in [-0.25, -0.2) is 0 Å². The second-order valence-corrected chi connectivity index (χ2v) is 5.69. The Hall–Kier alpha value is 0.290. The topological polar surface area (TPSA) is 35.5 Å². The second-order valence-electron chi connectivity index (χ2n) is 3.07. The zero-order valence-corrected chi connectivity index (χ0v) is 13.4. The first-order chi connectivity index (χ1) is 7.63. The van der Waals surface area contributed by atoms with Crippen molar-refractivity contribution in [1.29, 1.82) is 0 Å². The second kappa shape index (κ2) is 7.58. The number of carbonyl (C=O) groups excluding carboxylic acids is 1. The van der Waals surface area contributed by atoms with E-state index in [0.29, 0.717) is 13.1 Å². The van der Waals surface area contributed by atoms with Gasteiger partial charge in [-0.3, -0.25) is 4.79 Å². The lowest BCUT2D eigenvalue weighted by Crippen LogP contribution is -2.00. The lowest BCUT2D eigenvalue weighted by molar-refractivity contribution is -0.142. The number of carbonyl (C=O) groups is 1. The van der Waals surface area contributed by atoms with Crippen LogP contribution in [0.2, 0.25) is 0 Å². The van der Waals surface area contributed by atoms with Crippen molar-refractivity contribution in [3.63, 3.8) is 0 Å². The summed E-state index contributed by atoms with van der Waals surface area (Å²) in [4.78, 5) is 10.7. The van der Waals surface area contributed by atoms with Gasteiger partial charge in [0.25, 0.3) is 0 Å². The maximum absolute atomic E-state index is 10.7. The summed E-state index contributed by atoms with van der Waals surface area (Å²) >= 11 is 5.60. The van der Waals surface area contributed by atoms with Gasteiger partial charge in [-0.15, -0.1) is 0 Å². The van der Waals surface area contributed by atoms with Gasteiger partial charge in [-0.1, -0.05) is 22.0 Å². The minimum atomic E-state index is -0.276. The molecule has 1 rings (SSSR count). The van der Waals surface area contributed by atoms with Crippen molar-refractivity contribution < 1.29 is 14.1 Å². The Morgan fingerprint density at radius 3 is 2.88 bits per heavy atom. The molecule has 1 aromatic rings. The lowest BCUT2D eigenvalue weighted by Gasteiger charge is -2.07. The van der Waals surface area contributed by atoms with Crippen molar-refractivity contribution >= 4 is 50.4 Å². The molecule has 0 amide bonds. The van der Waals surface area contributed by atoms with Gasteiger partial charge in [-0.05, 0) is 39.7 Å². The standard InChI is InChI=1S/C10H11BrIO3P/c1-7(13)14-6-9-4-8(5-15-16-12)2-3-10(9)11/h2-4,16H,5-6H2,1H3. The van der Waals surface area contributed by atoms with E-state index < -0.39 is 0 Å². The predicted molar refractivity (Wildman–Crippen MR) is 76.7 cm³/mol. The van der Waals surface area contributed by atoms with E-state index >= 15 is 0 Å². The van der Waals surface area contributed by atoms with Crippen molar-refractivity contribution in [2.24, 2.45) is 0 Å². The molecule has 0 bridgehead atoms. The minimum absolute atomic E-state index is 0.276. The molecule has 6 heteroatoms. The van der Waals surface area contributed by atoms with Gasteiger partial charge < -0.3 is 9.26 Å². The average Bonchev–Trinajstić information content (AvgIpc) is 2.26. The molecule has 0 saturated carbocycles. The van der Waals surface area contributed by atoms with Gasteiger partial charge in [-0.2, -0.15) is 0 Å². The summed E-state index contributed by atoms with van der Waals surface area (Å²) in [5.41, 5.74) is 2.03. The van der Waals surface area contributed by atoms with Gasteiger partial charge >= 0.3 is 5.97 Å². The largest absolute Gasteiger partial charge is 0.461 e. The first-order valence-electron chi connectivity index (χ1n) is 4.51. The molecule has 3 nitrogen and oxygen atoms in total. The van der Waals surface area contributed by atoms with Crippen LogP contribution in [0.15, 0.2) is 22.7 Å². The highest BCUT2D eigenvalue weighted by atomic mass is 127. The Kier molecular flexibility index (Phi) is 6.80. The van der Waals surface area contributed by atoms with Crippen molar-refractivity contribution in [2.45, 2.75) is 20.1 Å². The van der Waals surface area contributed by atoms with E-state index in [-0.39, 0.29) is 12.6 Å². The Morgan fingerprint density at radius 2 is 2.25 bits per heavy atom. The number of esters is 1. The summed E-state index contributed by atoms with van der Waals surface area (Å²) in [6.45, 7) is 2.72. The van der Waals surface area contributed by atoms with Crippen LogP contribution in [0, 0.1) is 0 Å². The molecule has 0 heterocycles. The Labute approximate surface area is 118 Å². The highest BCUT2D eigenvalue weighted by molar-refractivity contribution is 14.2. The van der Waals surface area contributed by atoms with Gasteiger partial charge in [0, 0.05) is 17.0 Å². The third-order valence-corrected chi connectivity index (χ3v) is 3.80. The van der Waals surface area contributed by atoms with Crippen molar-refractivity contribution in [2.75, 3.05) is 0 Å². The SMILES string of the molecule is CC(=O)OCc1cc(COPI)ccc1Br. The third-order valence-electron chi connectivity index (χ3n) is 1.83. The summed E-state index contributed by atoms with van der Waals surface area (Å²) in [5.74, 6) is -0.276. The van der Waals surface area contributed by atoms with Crippen LogP contribution in [-0.4, -0.2) is 5.97 Å².